The van der Waals surface area contributed by atoms with Gasteiger partial charge in [0.2, 0.25) is 0 Å². The molecule has 0 atom stereocenters. The van der Waals surface area contributed by atoms with E-state index < -0.39 is 0 Å². The highest BCUT2D eigenvalue weighted by molar-refractivity contribution is 7.10. The molecule has 0 saturated carbocycles. The standard InChI is InChI=1S/C10H11N3S/c1-7-3-8(5-14-7)9-4-10(11-2)13-6-12-9/h3-6H,1-2H3,(H,11,12,13). The highest BCUT2D eigenvalue weighted by atomic mass is 32.1. The van der Waals surface area contributed by atoms with E-state index in [-0.39, 0.29) is 0 Å². The Kier molecular flexibility index (Phi) is 2.45. The van der Waals surface area contributed by atoms with Crippen molar-refractivity contribution in [2.75, 3.05) is 12.4 Å². The van der Waals surface area contributed by atoms with Gasteiger partial charge in [0.1, 0.15) is 12.1 Å². The first-order valence-electron chi connectivity index (χ1n) is 4.35. The van der Waals surface area contributed by atoms with Crippen LogP contribution in [-0.2, 0) is 0 Å². The van der Waals surface area contributed by atoms with E-state index in [1.54, 1.807) is 17.7 Å². The molecule has 3 nitrogen and oxygen atoms in total. The van der Waals surface area contributed by atoms with Crippen LogP contribution in [0.2, 0.25) is 0 Å². The average molecular weight is 205 g/mol. The molecule has 0 fully saturated rings. The molecule has 0 aliphatic heterocycles. The second kappa shape index (κ2) is 3.75. The number of anilines is 1. The van der Waals surface area contributed by atoms with Crippen LogP contribution in [0.15, 0.2) is 23.8 Å². The van der Waals surface area contributed by atoms with Gasteiger partial charge in [0.15, 0.2) is 0 Å². The summed E-state index contributed by atoms with van der Waals surface area (Å²) in [5.41, 5.74) is 2.13. The Hall–Kier alpha value is -1.42. The molecule has 0 unspecified atom stereocenters. The summed E-state index contributed by atoms with van der Waals surface area (Å²) in [5, 5.41) is 5.10. The first kappa shape index (κ1) is 9.15. The van der Waals surface area contributed by atoms with Crippen molar-refractivity contribution in [2.45, 2.75) is 6.92 Å². The second-order valence-electron chi connectivity index (χ2n) is 2.98. The Balaban J connectivity index is 2.41. The third kappa shape index (κ3) is 1.75. The predicted molar refractivity (Wildman–Crippen MR) is 59.6 cm³/mol. The first-order chi connectivity index (χ1) is 6.79. The fourth-order valence-electron chi connectivity index (χ4n) is 1.23. The van der Waals surface area contributed by atoms with E-state index in [4.69, 9.17) is 0 Å². The molecule has 14 heavy (non-hydrogen) atoms. The molecule has 0 spiro atoms. The highest BCUT2D eigenvalue weighted by Crippen LogP contribution is 2.24. The van der Waals surface area contributed by atoms with E-state index in [9.17, 15) is 0 Å². The summed E-state index contributed by atoms with van der Waals surface area (Å²) in [4.78, 5) is 9.59. The summed E-state index contributed by atoms with van der Waals surface area (Å²) in [6, 6.07) is 4.08. The van der Waals surface area contributed by atoms with Crippen molar-refractivity contribution in [2.24, 2.45) is 0 Å². The monoisotopic (exact) mass is 205 g/mol. The number of hydrogen-bond donors (Lipinski definition) is 1. The Morgan fingerprint density at radius 2 is 2.14 bits per heavy atom. The lowest BCUT2D eigenvalue weighted by molar-refractivity contribution is 1.16. The van der Waals surface area contributed by atoms with Crippen LogP contribution in [0, 0.1) is 6.92 Å². The second-order valence-corrected chi connectivity index (χ2v) is 4.10. The van der Waals surface area contributed by atoms with Gasteiger partial charge in [-0.2, -0.15) is 0 Å². The van der Waals surface area contributed by atoms with Crippen LogP contribution in [0.25, 0.3) is 11.3 Å². The van der Waals surface area contributed by atoms with Crippen LogP contribution in [0.3, 0.4) is 0 Å². The predicted octanol–water partition coefficient (Wildman–Crippen LogP) is 2.56. The molecular formula is C10H11N3S. The maximum atomic E-state index is 4.23. The van der Waals surface area contributed by atoms with Crippen molar-refractivity contribution in [3.63, 3.8) is 0 Å². The van der Waals surface area contributed by atoms with Crippen LogP contribution >= 0.6 is 11.3 Å². The van der Waals surface area contributed by atoms with Gasteiger partial charge < -0.3 is 5.32 Å². The van der Waals surface area contributed by atoms with Gasteiger partial charge in [-0.05, 0) is 13.0 Å². The molecule has 2 aromatic heterocycles. The zero-order valence-corrected chi connectivity index (χ0v) is 8.93. The van der Waals surface area contributed by atoms with E-state index >= 15 is 0 Å². The minimum Gasteiger partial charge on any atom is -0.373 e. The molecule has 0 radical (unpaired) electrons. The van der Waals surface area contributed by atoms with Gasteiger partial charge in [-0.15, -0.1) is 11.3 Å². The first-order valence-corrected chi connectivity index (χ1v) is 5.23. The van der Waals surface area contributed by atoms with Gasteiger partial charge in [-0.1, -0.05) is 0 Å². The topological polar surface area (TPSA) is 37.8 Å². The largest absolute Gasteiger partial charge is 0.373 e. The Morgan fingerprint density at radius 3 is 2.79 bits per heavy atom. The van der Waals surface area contributed by atoms with Gasteiger partial charge in [0, 0.05) is 28.9 Å². The molecule has 2 heterocycles. The SMILES string of the molecule is CNc1cc(-c2csc(C)c2)ncn1. The number of rotatable bonds is 2. The zero-order chi connectivity index (χ0) is 9.97. The summed E-state index contributed by atoms with van der Waals surface area (Å²) in [6.07, 6.45) is 1.58. The molecular weight excluding hydrogens is 194 g/mol. The maximum absolute atomic E-state index is 4.23. The van der Waals surface area contributed by atoms with Gasteiger partial charge in [0.05, 0.1) is 5.69 Å². The number of aryl methyl sites for hydroxylation is 1. The van der Waals surface area contributed by atoms with Crippen molar-refractivity contribution < 1.29 is 0 Å². The van der Waals surface area contributed by atoms with E-state index in [0.717, 1.165) is 17.1 Å². The summed E-state index contributed by atoms with van der Waals surface area (Å²) in [6.45, 7) is 2.09. The molecule has 0 saturated heterocycles. The summed E-state index contributed by atoms with van der Waals surface area (Å²) < 4.78 is 0. The van der Waals surface area contributed by atoms with Gasteiger partial charge in [0.25, 0.3) is 0 Å². The van der Waals surface area contributed by atoms with Gasteiger partial charge in [-0.3, -0.25) is 0 Å². The van der Waals surface area contributed by atoms with E-state index in [0.29, 0.717) is 0 Å². The molecule has 0 aromatic carbocycles. The van der Waals surface area contributed by atoms with Gasteiger partial charge >= 0.3 is 0 Å². The van der Waals surface area contributed by atoms with Crippen LogP contribution < -0.4 is 5.32 Å². The van der Waals surface area contributed by atoms with E-state index in [1.807, 2.05) is 13.1 Å². The van der Waals surface area contributed by atoms with E-state index in [1.165, 1.54) is 4.88 Å². The van der Waals surface area contributed by atoms with Crippen molar-refractivity contribution in [1.82, 2.24) is 9.97 Å². The number of nitrogens with one attached hydrogen (secondary N) is 1. The van der Waals surface area contributed by atoms with Crippen LogP contribution in [0.1, 0.15) is 4.88 Å². The fourth-order valence-corrected chi connectivity index (χ4v) is 1.93. The number of hydrogen-bond acceptors (Lipinski definition) is 4. The van der Waals surface area contributed by atoms with Crippen LogP contribution in [-0.4, -0.2) is 17.0 Å². The van der Waals surface area contributed by atoms with Crippen molar-refractivity contribution in [3.05, 3.63) is 28.7 Å². The van der Waals surface area contributed by atoms with Crippen LogP contribution in [0.4, 0.5) is 5.82 Å². The summed E-state index contributed by atoms with van der Waals surface area (Å²) >= 11 is 1.73. The molecule has 1 N–H and O–H groups in total. The zero-order valence-electron chi connectivity index (χ0n) is 8.11. The molecule has 4 heteroatoms. The Labute approximate surface area is 86.8 Å². The molecule has 0 bridgehead atoms. The normalized spacial score (nSPS) is 10.1. The summed E-state index contributed by atoms with van der Waals surface area (Å²) in [7, 11) is 1.85. The number of thiophene rings is 1. The minimum atomic E-state index is 0.846. The molecule has 2 aromatic rings. The molecule has 0 amide bonds. The number of nitrogens with zero attached hydrogens (tertiary/aromatic N) is 2. The molecule has 0 aliphatic carbocycles. The third-order valence-corrected chi connectivity index (χ3v) is 2.81. The molecule has 0 aliphatic rings. The summed E-state index contributed by atoms with van der Waals surface area (Å²) in [5.74, 6) is 0.846. The lowest BCUT2D eigenvalue weighted by Gasteiger charge is -2.00. The Bertz CT molecular complexity index is 436. The highest BCUT2D eigenvalue weighted by Gasteiger charge is 2.02. The Morgan fingerprint density at radius 1 is 1.29 bits per heavy atom. The van der Waals surface area contributed by atoms with Gasteiger partial charge in [-0.25, -0.2) is 9.97 Å². The average Bonchev–Trinajstić information content (AvgIpc) is 2.65. The number of aromatic nitrogens is 2. The fraction of sp³-hybridized carbons (Fsp3) is 0.200. The lowest BCUT2D eigenvalue weighted by Crippen LogP contribution is -1.93. The van der Waals surface area contributed by atoms with Crippen molar-refractivity contribution >= 4 is 17.2 Å². The molecule has 72 valence electrons. The van der Waals surface area contributed by atoms with E-state index in [2.05, 4.69) is 33.7 Å². The van der Waals surface area contributed by atoms with Crippen molar-refractivity contribution in [3.8, 4) is 11.3 Å². The smallest absolute Gasteiger partial charge is 0.129 e. The van der Waals surface area contributed by atoms with Crippen molar-refractivity contribution in [1.29, 1.82) is 0 Å². The molecule has 2 rings (SSSR count). The minimum absolute atomic E-state index is 0.846. The van der Waals surface area contributed by atoms with Crippen LogP contribution in [0.5, 0.6) is 0 Å². The maximum Gasteiger partial charge on any atom is 0.129 e. The quantitative estimate of drug-likeness (QED) is 0.818. The third-order valence-electron chi connectivity index (χ3n) is 1.95. The lowest BCUT2D eigenvalue weighted by atomic mass is 10.2.